The van der Waals surface area contributed by atoms with E-state index in [1.54, 1.807) is 12.6 Å². The molecule has 27 heavy (non-hydrogen) atoms. The van der Waals surface area contributed by atoms with Gasteiger partial charge in [-0.05, 0) is 61.2 Å². The van der Waals surface area contributed by atoms with Crippen molar-refractivity contribution in [2.45, 2.75) is 24.8 Å². The summed E-state index contributed by atoms with van der Waals surface area (Å²) in [6.07, 6.45) is 2.93. The average molecular weight is 380 g/mol. The number of nitrogens with zero attached hydrogens (tertiary/aromatic N) is 2. The molecule has 1 aliphatic rings. The van der Waals surface area contributed by atoms with Crippen LogP contribution in [-0.2, 0) is 5.54 Å². The van der Waals surface area contributed by atoms with Crippen molar-refractivity contribution in [3.63, 3.8) is 0 Å². The van der Waals surface area contributed by atoms with Crippen molar-refractivity contribution in [2.75, 3.05) is 12.4 Å². The summed E-state index contributed by atoms with van der Waals surface area (Å²) in [6, 6.07) is 15.3. The van der Waals surface area contributed by atoms with E-state index in [1.165, 1.54) is 11.3 Å². The fourth-order valence-electron chi connectivity index (χ4n) is 3.31. The first kappa shape index (κ1) is 17.5. The van der Waals surface area contributed by atoms with Crippen LogP contribution in [0.15, 0.2) is 54.0 Å². The molecular formula is C20H20N4O2S. The number of carbonyl (C=O) groups is 1. The van der Waals surface area contributed by atoms with E-state index in [0.717, 1.165) is 46.8 Å². The Morgan fingerprint density at radius 2 is 2.00 bits per heavy atom. The van der Waals surface area contributed by atoms with Gasteiger partial charge < -0.3 is 15.4 Å². The van der Waals surface area contributed by atoms with Crippen molar-refractivity contribution in [1.29, 1.82) is 0 Å². The van der Waals surface area contributed by atoms with Gasteiger partial charge in [-0.25, -0.2) is 4.79 Å². The van der Waals surface area contributed by atoms with E-state index < -0.39 is 0 Å². The monoisotopic (exact) mass is 380 g/mol. The molecule has 0 atom stereocenters. The van der Waals surface area contributed by atoms with Crippen molar-refractivity contribution in [3.05, 3.63) is 59.6 Å². The SMILES string of the molecule is COc1cccc(C2(NC(=O)Nc3ccc(-c4nncs4)cc3)CCC2)c1. The summed E-state index contributed by atoms with van der Waals surface area (Å²) in [5.74, 6) is 0.799. The Labute approximate surface area is 161 Å². The normalized spacial score (nSPS) is 14.9. The zero-order valence-electron chi connectivity index (χ0n) is 14.9. The van der Waals surface area contributed by atoms with Gasteiger partial charge >= 0.3 is 6.03 Å². The highest BCUT2D eigenvalue weighted by Crippen LogP contribution is 2.42. The van der Waals surface area contributed by atoms with Gasteiger partial charge in [0.15, 0.2) is 0 Å². The Kier molecular flexibility index (Phi) is 4.77. The van der Waals surface area contributed by atoms with Crippen LogP contribution < -0.4 is 15.4 Å². The molecule has 6 nitrogen and oxygen atoms in total. The van der Waals surface area contributed by atoms with Gasteiger partial charge in [-0.2, -0.15) is 0 Å². The third-order valence-electron chi connectivity index (χ3n) is 4.93. The number of anilines is 1. The molecule has 3 aromatic rings. The predicted molar refractivity (Wildman–Crippen MR) is 106 cm³/mol. The number of rotatable bonds is 5. The molecule has 2 amide bonds. The summed E-state index contributed by atoms with van der Waals surface area (Å²) in [5, 5.41) is 14.8. The first-order valence-electron chi connectivity index (χ1n) is 8.79. The maximum atomic E-state index is 12.6. The summed E-state index contributed by atoms with van der Waals surface area (Å²) in [7, 11) is 1.65. The lowest BCUT2D eigenvalue weighted by Crippen LogP contribution is -2.52. The van der Waals surface area contributed by atoms with Gasteiger partial charge in [0.2, 0.25) is 0 Å². The molecule has 4 rings (SSSR count). The Hall–Kier alpha value is -2.93. The maximum Gasteiger partial charge on any atom is 0.319 e. The summed E-state index contributed by atoms with van der Waals surface area (Å²) < 4.78 is 5.32. The number of ether oxygens (including phenoxy) is 1. The van der Waals surface area contributed by atoms with Crippen molar-refractivity contribution >= 4 is 23.1 Å². The summed E-state index contributed by atoms with van der Waals surface area (Å²) >= 11 is 1.48. The molecule has 0 saturated heterocycles. The molecule has 0 unspecified atom stereocenters. The van der Waals surface area contributed by atoms with Crippen LogP contribution in [0.2, 0.25) is 0 Å². The summed E-state index contributed by atoms with van der Waals surface area (Å²) in [4.78, 5) is 12.6. The third-order valence-corrected chi connectivity index (χ3v) is 5.67. The molecule has 1 aromatic heterocycles. The average Bonchev–Trinajstić information content (AvgIpc) is 3.20. The minimum atomic E-state index is -0.328. The first-order valence-corrected chi connectivity index (χ1v) is 9.67. The van der Waals surface area contributed by atoms with Crippen LogP contribution in [0.5, 0.6) is 5.75 Å². The van der Waals surface area contributed by atoms with E-state index >= 15 is 0 Å². The number of carbonyl (C=O) groups excluding carboxylic acids is 1. The van der Waals surface area contributed by atoms with E-state index in [0.29, 0.717) is 0 Å². The largest absolute Gasteiger partial charge is 0.497 e. The van der Waals surface area contributed by atoms with Crippen LogP contribution in [0.4, 0.5) is 10.5 Å². The summed E-state index contributed by atoms with van der Waals surface area (Å²) in [6.45, 7) is 0. The molecule has 0 bridgehead atoms. The minimum Gasteiger partial charge on any atom is -0.497 e. The van der Waals surface area contributed by atoms with Crippen molar-refractivity contribution < 1.29 is 9.53 Å². The maximum absolute atomic E-state index is 12.6. The number of hydrogen-bond donors (Lipinski definition) is 2. The molecule has 0 radical (unpaired) electrons. The molecule has 2 N–H and O–H groups in total. The van der Waals surface area contributed by atoms with E-state index in [2.05, 4.69) is 20.8 Å². The van der Waals surface area contributed by atoms with Crippen LogP contribution in [0, 0.1) is 0 Å². The minimum absolute atomic E-state index is 0.207. The second kappa shape index (κ2) is 7.36. The molecule has 2 aromatic carbocycles. The van der Waals surface area contributed by atoms with E-state index in [-0.39, 0.29) is 11.6 Å². The van der Waals surface area contributed by atoms with E-state index in [1.807, 2.05) is 48.5 Å². The summed E-state index contributed by atoms with van der Waals surface area (Å²) in [5.41, 5.74) is 4.17. The number of nitrogens with one attached hydrogen (secondary N) is 2. The first-order chi connectivity index (χ1) is 13.2. The quantitative estimate of drug-likeness (QED) is 0.687. The fraction of sp³-hybridized carbons (Fsp3) is 0.250. The predicted octanol–water partition coefficient (Wildman–Crippen LogP) is 4.41. The standard InChI is InChI=1S/C20H20N4O2S/c1-26-17-5-2-4-15(12-17)20(10-3-11-20)23-19(25)22-16-8-6-14(7-9-16)18-24-21-13-27-18/h2,4-9,12-13H,3,10-11H2,1H3,(H2,22,23,25). The molecule has 138 valence electrons. The van der Waals surface area contributed by atoms with Gasteiger partial charge in [0.05, 0.1) is 12.6 Å². The highest BCUT2D eigenvalue weighted by atomic mass is 32.1. The van der Waals surface area contributed by atoms with Crippen LogP contribution in [0.1, 0.15) is 24.8 Å². The van der Waals surface area contributed by atoms with Crippen LogP contribution in [-0.4, -0.2) is 23.3 Å². The second-order valence-corrected chi connectivity index (χ2v) is 7.40. The Morgan fingerprint density at radius 1 is 1.19 bits per heavy atom. The smallest absolute Gasteiger partial charge is 0.319 e. The number of aromatic nitrogens is 2. The molecule has 0 spiro atoms. The zero-order chi connectivity index (χ0) is 18.7. The lowest BCUT2D eigenvalue weighted by Gasteiger charge is -2.43. The molecule has 1 aliphatic carbocycles. The number of amides is 2. The van der Waals surface area contributed by atoms with Crippen molar-refractivity contribution in [2.24, 2.45) is 0 Å². The van der Waals surface area contributed by atoms with Crippen molar-refractivity contribution in [3.8, 4) is 16.3 Å². The van der Waals surface area contributed by atoms with Gasteiger partial charge in [-0.1, -0.05) is 23.5 Å². The van der Waals surface area contributed by atoms with Gasteiger partial charge in [0.25, 0.3) is 0 Å². The highest BCUT2D eigenvalue weighted by molar-refractivity contribution is 7.12. The highest BCUT2D eigenvalue weighted by Gasteiger charge is 2.40. The Bertz CT molecular complexity index is 921. The Morgan fingerprint density at radius 3 is 2.63 bits per heavy atom. The number of benzene rings is 2. The van der Waals surface area contributed by atoms with E-state index in [4.69, 9.17) is 4.74 Å². The number of urea groups is 1. The van der Waals surface area contributed by atoms with Crippen LogP contribution in [0.3, 0.4) is 0 Å². The Balaban J connectivity index is 1.45. The van der Waals surface area contributed by atoms with E-state index in [9.17, 15) is 4.79 Å². The lowest BCUT2D eigenvalue weighted by atomic mass is 9.72. The lowest BCUT2D eigenvalue weighted by molar-refractivity contribution is 0.184. The van der Waals surface area contributed by atoms with Gasteiger partial charge in [-0.15, -0.1) is 10.2 Å². The molecule has 7 heteroatoms. The number of hydrogen-bond acceptors (Lipinski definition) is 5. The number of methoxy groups -OCH3 is 1. The molecule has 1 heterocycles. The van der Waals surface area contributed by atoms with Crippen molar-refractivity contribution in [1.82, 2.24) is 15.5 Å². The second-order valence-electron chi connectivity index (χ2n) is 6.57. The molecule has 0 aliphatic heterocycles. The van der Waals surface area contributed by atoms with Gasteiger partial charge in [-0.3, -0.25) is 0 Å². The third kappa shape index (κ3) is 3.64. The zero-order valence-corrected chi connectivity index (χ0v) is 15.8. The molecular weight excluding hydrogens is 360 g/mol. The van der Waals surface area contributed by atoms with Gasteiger partial charge in [0, 0.05) is 11.3 Å². The van der Waals surface area contributed by atoms with Gasteiger partial charge in [0.1, 0.15) is 16.3 Å². The fourth-order valence-corrected chi connectivity index (χ4v) is 3.87. The van der Waals surface area contributed by atoms with Crippen LogP contribution >= 0.6 is 11.3 Å². The molecule has 1 saturated carbocycles. The topological polar surface area (TPSA) is 76.1 Å². The van der Waals surface area contributed by atoms with Crippen LogP contribution in [0.25, 0.3) is 10.6 Å². The molecule has 1 fully saturated rings.